The Morgan fingerprint density at radius 2 is 2.23 bits per heavy atom. The van der Waals surface area contributed by atoms with Gasteiger partial charge in [-0.15, -0.1) is 0 Å². The molecule has 0 bridgehead atoms. The number of hydrogen-bond donors (Lipinski definition) is 1. The summed E-state index contributed by atoms with van der Waals surface area (Å²) in [4.78, 5) is 0. The van der Waals surface area contributed by atoms with Gasteiger partial charge >= 0.3 is 0 Å². The molecule has 0 aromatic carbocycles. The van der Waals surface area contributed by atoms with E-state index in [-0.39, 0.29) is 0 Å². The highest BCUT2D eigenvalue weighted by atomic mass is 16.5. The lowest BCUT2D eigenvalue weighted by Crippen LogP contribution is -2.24. The Kier molecular flexibility index (Phi) is 4.74. The zero-order chi connectivity index (χ0) is 9.68. The number of aliphatic hydroxyl groups excluding tert-OH is 1. The Morgan fingerprint density at radius 1 is 1.46 bits per heavy atom. The molecular formula is C11H22O2. The van der Waals surface area contributed by atoms with Gasteiger partial charge in [0.2, 0.25) is 0 Å². The second-order valence-electron chi connectivity index (χ2n) is 4.33. The maximum absolute atomic E-state index is 8.80. The van der Waals surface area contributed by atoms with Gasteiger partial charge in [0.25, 0.3) is 0 Å². The maximum Gasteiger partial charge on any atom is 0.0606 e. The van der Waals surface area contributed by atoms with Crippen LogP contribution in [0.4, 0.5) is 0 Å². The normalized spacial score (nSPS) is 25.4. The van der Waals surface area contributed by atoms with Crippen LogP contribution in [0.5, 0.6) is 0 Å². The number of aliphatic hydroxyl groups is 1. The molecule has 2 nitrogen and oxygen atoms in total. The van der Waals surface area contributed by atoms with Gasteiger partial charge in [0.1, 0.15) is 0 Å². The summed E-state index contributed by atoms with van der Waals surface area (Å²) in [5, 5.41) is 8.80. The zero-order valence-electron chi connectivity index (χ0n) is 8.83. The van der Waals surface area contributed by atoms with E-state index in [9.17, 15) is 0 Å². The third kappa shape index (κ3) is 3.28. The molecule has 0 amide bonds. The van der Waals surface area contributed by atoms with Gasteiger partial charge < -0.3 is 9.84 Å². The molecule has 1 aliphatic rings. The molecule has 78 valence electrons. The van der Waals surface area contributed by atoms with Crippen LogP contribution in [0, 0.1) is 11.8 Å². The molecule has 0 radical (unpaired) electrons. The molecule has 0 saturated carbocycles. The van der Waals surface area contributed by atoms with Crippen LogP contribution >= 0.6 is 0 Å². The Bertz CT molecular complexity index is 128. The smallest absolute Gasteiger partial charge is 0.0606 e. The van der Waals surface area contributed by atoms with Crippen molar-refractivity contribution in [2.75, 3.05) is 13.2 Å². The van der Waals surface area contributed by atoms with Crippen LogP contribution in [-0.4, -0.2) is 24.4 Å². The minimum absolute atomic E-state index is 0.315. The molecule has 2 unspecified atom stereocenters. The summed E-state index contributed by atoms with van der Waals surface area (Å²) >= 11 is 0. The highest BCUT2D eigenvalue weighted by molar-refractivity contribution is 4.76. The van der Waals surface area contributed by atoms with Crippen molar-refractivity contribution >= 4 is 0 Å². The SMILES string of the molecule is CC(C)C(CCCO)C1CCCO1. The summed E-state index contributed by atoms with van der Waals surface area (Å²) in [6.45, 7) is 5.76. The molecule has 0 aromatic heterocycles. The van der Waals surface area contributed by atoms with Crippen molar-refractivity contribution in [2.45, 2.75) is 45.6 Å². The van der Waals surface area contributed by atoms with Crippen LogP contribution in [0.15, 0.2) is 0 Å². The van der Waals surface area contributed by atoms with Gasteiger partial charge in [-0.2, -0.15) is 0 Å². The molecule has 13 heavy (non-hydrogen) atoms. The first kappa shape index (κ1) is 11.0. The molecule has 1 aliphatic heterocycles. The second kappa shape index (κ2) is 5.61. The van der Waals surface area contributed by atoms with E-state index in [1.165, 1.54) is 12.8 Å². The molecule has 0 aliphatic carbocycles. The summed E-state index contributed by atoms with van der Waals surface area (Å²) in [6, 6.07) is 0. The van der Waals surface area contributed by atoms with Gasteiger partial charge in [0.05, 0.1) is 6.10 Å². The predicted molar refractivity (Wildman–Crippen MR) is 53.6 cm³/mol. The highest BCUT2D eigenvalue weighted by Gasteiger charge is 2.27. The Morgan fingerprint density at radius 3 is 2.69 bits per heavy atom. The molecule has 2 heteroatoms. The molecule has 0 spiro atoms. The summed E-state index contributed by atoms with van der Waals surface area (Å²) < 4.78 is 5.69. The first-order valence-corrected chi connectivity index (χ1v) is 5.48. The van der Waals surface area contributed by atoms with Crippen molar-refractivity contribution in [1.82, 2.24) is 0 Å². The summed E-state index contributed by atoms with van der Waals surface area (Å²) in [5.41, 5.74) is 0. The van der Waals surface area contributed by atoms with Crippen molar-refractivity contribution in [3.63, 3.8) is 0 Å². The van der Waals surface area contributed by atoms with Gasteiger partial charge in [0.15, 0.2) is 0 Å². The Labute approximate surface area is 81.3 Å². The van der Waals surface area contributed by atoms with E-state index >= 15 is 0 Å². The lowest BCUT2D eigenvalue weighted by atomic mass is 9.85. The molecule has 1 saturated heterocycles. The monoisotopic (exact) mass is 186 g/mol. The topological polar surface area (TPSA) is 29.5 Å². The number of hydrogen-bond acceptors (Lipinski definition) is 2. The quantitative estimate of drug-likeness (QED) is 0.713. The zero-order valence-corrected chi connectivity index (χ0v) is 8.83. The highest BCUT2D eigenvalue weighted by Crippen LogP contribution is 2.29. The lowest BCUT2D eigenvalue weighted by Gasteiger charge is -2.26. The fourth-order valence-corrected chi connectivity index (χ4v) is 2.22. The first-order chi connectivity index (χ1) is 6.25. The van der Waals surface area contributed by atoms with Crippen LogP contribution in [0.3, 0.4) is 0 Å². The Balaban J connectivity index is 2.36. The Hall–Kier alpha value is -0.0800. The summed E-state index contributed by atoms with van der Waals surface area (Å²) in [6.07, 6.45) is 4.93. The standard InChI is InChI=1S/C11H22O2/c1-9(2)10(5-3-7-12)11-6-4-8-13-11/h9-12H,3-8H2,1-2H3. The van der Waals surface area contributed by atoms with E-state index in [4.69, 9.17) is 9.84 Å². The summed E-state index contributed by atoms with van der Waals surface area (Å²) in [7, 11) is 0. The van der Waals surface area contributed by atoms with Crippen molar-refractivity contribution in [3.05, 3.63) is 0 Å². The molecule has 1 fully saturated rings. The van der Waals surface area contributed by atoms with E-state index in [0.717, 1.165) is 19.4 Å². The minimum atomic E-state index is 0.315. The molecule has 2 atom stereocenters. The summed E-state index contributed by atoms with van der Waals surface area (Å²) in [5.74, 6) is 1.32. The average molecular weight is 186 g/mol. The molecular weight excluding hydrogens is 164 g/mol. The predicted octanol–water partition coefficient (Wildman–Crippen LogP) is 2.21. The van der Waals surface area contributed by atoms with Crippen LogP contribution in [0.2, 0.25) is 0 Å². The van der Waals surface area contributed by atoms with Crippen molar-refractivity contribution in [1.29, 1.82) is 0 Å². The minimum Gasteiger partial charge on any atom is -0.396 e. The van der Waals surface area contributed by atoms with Crippen LogP contribution in [0.25, 0.3) is 0 Å². The van der Waals surface area contributed by atoms with E-state index in [2.05, 4.69) is 13.8 Å². The average Bonchev–Trinajstić information content (AvgIpc) is 2.57. The molecule has 1 N–H and O–H groups in total. The number of ether oxygens (including phenoxy) is 1. The van der Waals surface area contributed by atoms with Crippen molar-refractivity contribution in [2.24, 2.45) is 11.8 Å². The largest absolute Gasteiger partial charge is 0.396 e. The van der Waals surface area contributed by atoms with Gasteiger partial charge in [0, 0.05) is 13.2 Å². The third-order valence-corrected chi connectivity index (χ3v) is 2.99. The molecule has 1 heterocycles. The van der Waals surface area contributed by atoms with Gasteiger partial charge in [-0.05, 0) is 37.5 Å². The van der Waals surface area contributed by atoms with Crippen LogP contribution in [0.1, 0.15) is 39.5 Å². The first-order valence-electron chi connectivity index (χ1n) is 5.48. The van der Waals surface area contributed by atoms with E-state index in [1.807, 2.05) is 0 Å². The van der Waals surface area contributed by atoms with Gasteiger partial charge in [-0.25, -0.2) is 0 Å². The van der Waals surface area contributed by atoms with E-state index < -0.39 is 0 Å². The second-order valence-corrected chi connectivity index (χ2v) is 4.33. The van der Waals surface area contributed by atoms with E-state index in [1.54, 1.807) is 0 Å². The molecule has 1 rings (SSSR count). The maximum atomic E-state index is 8.80. The van der Waals surface area contributed by atoms with Gasteiger partial charge in [-0.3, -0.25) is 0 Å². The third-order valence-electron chi connectivity index (χ3n) is 2.99. The van der Waals surface area contributed by atoms with Crippen molar-refractivity contribution in [3.8, 4) is 0 Å². The van der Waals surface area contributed by atoms with Crippen LogP contribution < -0.4 is 0 Å². The number of rotatable bonds is 5. The van der Waals surface area contributed by atoms with E-state index in [0.29, 0.717) is 24.5 Å². The van der Waals surface area contributed by atoms with Crippen molar-refractivity contribution < 1.29 is 9.84 Å². The molecule has 0 aromatic rings. The fraction of sp³-hybridized carbons (Fsp3) is 1.00. The lowest BCUT2D eigenvalue weighted by molar-refractivity contribution is 0.0377. The van der Waals surface area contributed by atoms with Crippen LogP contribution in [-0.2, 0) is 4.74 Å². The van der Waals surface area contributed by atoms with Gasteiger partial charge in [-0.1, -0.05) is 13.8 Å². The fourth-order valence-electron chi connectivity index (χ4n) is 2.22.